The zero-order valence-electron chi connectivity index (χ0n) is 65.8. The summed E-state index contributed by atoms with van der Waals surface area (Å²) in [5.41, 5.74) is 8.28. The first-order valence-corrected chi connectivity index (χ1v) is 39.0. The molecule has 1 fully saturated rings. The second-order valence-corrected chi connectivity index (χ2v) is 29.0. The van der Waals surface area contributed by atoms with Crippen molar-refractivity contribution >= 4 is 79.0 Å². The predicted octanol–water partition coefficient (Wildman–Crippen LogP) is 11.0. The molecule has 17 rings (SSSR count). The number of benzene rings is 6. The van der Waals surface area contributed by atoms with Gasteiger partial charge < -0.3 is 26.0 Å². The summed E-state index contributed by atoms with van der Waals surface area (Å²) in [5.74, 6) is 18.2. The van der Waals surface area contributed by atoms with Crippen LogP contribution >= 0.6 is 11.3 Å². The number of aryl methyl sites for hydroxylation is 4. The van der Waals surface area contributed by atoms with Gasteiger partial charge >= 0.3 is 0 Å². The number of thiazole rings is 1. The summed E-state index contributed by atoms with van der Waals surface area (Å²) in [6, 6.07) is 45.4. The van der Waals surface area contributed by atoms with Gasteiger partial charge in [-0.25, -0.2) is 44.9 Å². The Hall–Kier alpha value is -15.6. The normalized spacial score (nSPS) is 12.9. The Bertz CT molecular complexity index is 7050. The zero-order chi connectivity index (χ0) is 83.5. The molecule has 0 spiro atoms. The van der Waals surface area contributed by atoms with Crippen LogP contribution in [-0.2, 0) is 9.53 Å². The highest BCUT2D eigenvalue weighted by Crippen LogP contribution is 2.27. The second kappa shape index (κ2) is 35.6. The predicted molar refractivity (Wildman–Crippen MR) is 454 cm³/mol. The molecule has 4 amide bonds. The molecule has 120 heavy (non-hydrogen) atoms. The van der Waals surface area contributed by atoms with Crippen LogP contribution in [0.3, 0.4) is 0 Å². The molecule has 0 bridgehead atoms. The van der Waals surface area contributed by atoms with Crippen LogP contribution in [0.4, 0.5) is 0 Å². The zero-order valence-corrected chi connectivity index (χ0v) is 66.6. The van der Waals surface area contributed by atoms with E-state index in [4.69, 9.17) is 19.7 Å². The summed E-state index contributed by atoms with van der Waals surface area (Å²) in [6.45, 7) is 13.2. The number of hydrogen-bond donors (Lipinski definition) is 4. The molecule has 1 saturated heterocycles. The minimum absolute atomic E-state index is 0.123. The summed E-state index contributed by atoms with van der Waals surface area (Å²) in [6.07, 6.45) is 19.1. The van der Waals surface area contributed by atoms with Crippen molar-refractivity contribution in [1.29, 1.82) is 0 Å². The number of hydrogen-bond acceptors (Lipinski definition) is 20. The Labute approximate surface area is 689 Å². The van der Waals surface area contributed by atoms with Crippen molar-refractivity contribution in [2.24, 2.45) is 0 Å². The van der Waals surface area contributed by atoms with E-state index in [1.165, 1.54) is 37.4 Å². The first-order chi connectivity index (χ1) is 58.3. The average Bonchev–Trinajstić information content (AvgIpc) is 1.18. The van der Waals surface area contributed by atoms with Crippen LogP contribution in [0.2, 0.25) is 0 Å². The lowest BCUT2D eigenvalue weighted by molar-refractivity contribution is -0.129. The van der Waals surface area contributed by atoms with Crippen LogP contribution in [0.1, 0.15) is 150 Å². The minimum atomic E-state index is -0.644. The van der Waals surface area contributed by atoms with E-state index in [0.29, 0.717) is 136 Å². The second-order valence-electron chi connectivity index (χ2n) is 27.7. The Morgan fingerprint density at radius 3 is 1.38 bits per heavy atom. The monoisotopic (exact) mass is 1610 g/mol. The fraction of sp³-hybridized carbons (Fsp3) is 0.165. The van der Waals surface area contributed by atoms with E-state index < -0.39 is 30.1 Å². The van der Waals surface area contributed by atoms with Crippen LogP contribution in [0, 0.1) is 63.2 Å². The number of nitrogens with one attached hydrogen (secondary N) is 4. The highest BCUT2D eigenvalue weighted by atomic mass is 32.1. The number of aromatic nitrogens is 16. The van der Waals surface area contributed by atoms with Gasteiger partial charge in [0.25, 0.3) is 34.4 Å². The number of carbonyl (C=O) groups excluding carboxylic acids is 4. The van der Waals surface area contributed by atoms with Gasteiger partial charge in [0.15, 0.2) is 11.3 Å². The highest BCUT2D eigenvalue weighted by molar-refractivity contribution is 7.12. The van der Waals surface area contributed by atoms with Crippen molar-refractivity contribution in [3.8, 4) is 52.6 Å². The molecule has 1 aliphatic heterocycles. The molecule has 592 valence electrons. The number of ether oxygens (including phenoxy) is 1. The molecule has 28 nitrogen and oxygen atoms in total. The van der Waals surface area contributed by atoms with Gasteiger partial charge in [-0.2, -0.15) is 0 Å². The van der Waals surface area contributed by atoms with Crippen LogP contribution in [-0.4, -0.2) is 120 Å². The number of pyridine rings is 1. The lowest BCUT2D eigenvalue weighted by atomic mass is 10.1. The van der Waals surface area contributed by atoms with Gasteiger partial charge in [0.2, 0.25) is 5.91 Å². The molecule has 0 aliphatic carbocycles. The van der Waals surface area contributed by atoms with Crippen molar-refractivity contribution in [2.45, 2.75) is 85.5 Å². The van der Waals surface area contributed by atoms with Crippen LogP contribution in [0.5, 0.6) is 0 Å². The fourth-order valence-electron chi connectivity index (χ4n) is 13.8. The molecule has 4 atom stereocenters. The van der Waals surface area contributed by atoms with E-state index in [9.17, 15) is 33.6 Å². The molecular weight excluding hydrogens is 1530 g/mol. The largest absolute Gasteiger partial charge is 0.368 e. The maximum absolute atomic E-state index is 14.1. The van der Waals surface area contributed by atoms with Crippen LogP contribution < -0.4 is 37.9 Å². The molecule has 0 unspecified atom stereocenters. The van der Waals surface area contributed by atoms with Crippen molar-refractivity contribution in [3.63, 3.8) is 0 Å². The maximum atomic E-state index is 14.1. The number of rotatable bonds is 14. The first-order valence-electron chi connectivity index (χ1n) is 38.2. The SMILES string of the molecule is Cc1ncc(C#Cc2cccc3nc([C@H](C)NC(=O)c4c(C)ncn5ccnc45)n(-c4ccccc4)c(=O)c23)s1.Cc1nccnc1C(=O)N[C@@H](C)c1nc2cccc(C#CCNC(=O)[C@H]3CCCO3)c2c(=O)n1-c1ccccc1.Cc1ncn2ccnc2c1C(=O)N[C@@H](C)c1nc2cccc(C#Cc3cccnc3)c2c(=O)n1-c1ccccc1. The average molecular weight is 1610 g/mol. The number of carbonyl (C=O) groups is 4. The summed E-state index contributed by atoms with van der Waals surface area (Å²) >= 11 is 1.49. The van der Waals surface area contributed by atoms with Crippen molar-refractivity contribution < 1.29 is 23.9 Å². The number of para-hydroxylation sites is 3. The molecule has 29 heteroatoms. The third-order valence-corrected chi connectivity index (χ3v) is 20.4. The molecule has 1 aliphatic rings. The Kier molecular flexibility index (Phi) is 23.6. The molecule has 0 radical (unpaired) electrons. The first kappa shape index (κ1) is 79.6. The minimum Gasteiger partial charge on any atom is -0.368 e. The third kappa shape index (κ3) is 17.0. The fourth-order valence-corrected chi connectivity index (χ4v) is 14.4. The van der Waals surface area contributed by atoms with E-state index in [2.05, 4.69) is 96.7 Å². The number of amides is 4. The van der Waals surface area contributed by atoms with Gasteiger partial charge in [-0.05, 0) is 152 Å². The molecule has 0 saturated carbocycles. The lowest BCUT2D eigenvalue weighted by Gasteiger charge is -2.20. The van der Waals surface area contributed by atoms with Gasteiger partial charge in [-0.15, -0.1) is 11.3 Å². The van der Waals surface area contributed by atoms with Gasteiger partial charge in [-0.3, -0.25) is 66.0 Å². The van der Waals surface area contributed by atoms with E-state index >= 15 is 0 Å². The Morgan fingerprint density at radius 2 is 0.942 bits per heavy atom. The van der Waals surface area contributed by atoms with Crippen molar-refractivity contribution in [1.82, 2.24) is 98.6 Å². The number of nitrogens with zero attached hydrogens (tertiary/aromatic N) is 16. The molecule has 4 N–H and O–H groups in total. The number of imidazole rings is 2. The van der Waals surface area contributed by atoms with Gasteiger partial charge in [-0.1, -0.05) is 102 Å². The Balaban J connectivity index is 0.000000140. The van der Waals surface area contributed by atoms with E-state index in [1.807, 2.05) is 116 Å². The van der Waals surface area contributed by atoms with Crippen LogP contribution in [0.25, 0.3) is 61.1 Å². The summed E-state index contributed by atoms with van der Waals surface area (Å²) in [5, 5.41) is 13.8. The molecule has 6 aromatic carbocycles. The van der Waals surface area contributed by atoms with Crippen molar-refractivity contribution in [3.05, 3.63) is 341 Å². The quantitative estimate of drug-likeness (QED) is 0.0735. The summed E-state index contributed by atoms with van der Waals surface area (Å²) < 4.78 is 13.3. The standard InChI is InChI=1S/C31H23N7O2.C30H23N7O2S.C30H28N6O4/c1-20-26(29-33-16-17-37(29)19-34-20)30(39)35-21(2)28-36-25-12-6-9-23(14-13-22-8-7-15-32-18-22)27(25)31(40)38(28)24-10-4-3-5-11-24;1-18-25(28-31-14-15-36(28)17-33-18)29(38)34-19(2)27-35-24-11-7-8-21(12-13-23-16-32-20(3)40-23)26(24)30(39)37(27)22-9-5-4-6-10-22;1-19-26(32-17-16-31-19)29(38)34-20(2)27-35-23-13-6-9-21(10-7-15-33-28(37)24-14-8-18-40-24)25(23)30(39)36(27)22-11-4-3-5-12-22/h3-12,15-19,21H,1-2H3,(H,35,39);4-11,14-17,19H,1-3H3,(H,34,38);3-6,9,11-13,16-17,20,24H,8,14-15,18H2,1-2H3,(H,33,37)(H,34,38)/t21-;19-;20-,24+/m000/s1. The van der Waals surface area contributed by atoms with E-state index in [0.717, 1.165) is 21.9 Å². The highest BCUT2D eigenvalue weighted by Gasteiger charge is 2.29. The van der Waals surface area contributed by atoms with Gasteiger partial charge in [0.1, 0.15) is 53.1 Å². The van der Waals surface area contributed by atoms with Gasteiger partial charge in [0, 0.05) is 78.4 Å². The molecular formula is C91H74N20O8S. The summed E-state index contributed by atoms with van der Waals surface area (Å²) in [4.78, 5) is 144. The van der Waals surface area contributed by atoms with Gasteiger partial charge in [0.05, 0.1) is 108 Å². The Morgan fingerprint density at radius 1 is 0.475 bits per heavy atom. The molecule has 11 heterocycles. The number of fused-ring (bicyclic) bond motifs is 5. The smallest absolute Gasteiger partial charge is 0.272 e. The van der Waals surface area contributed by atoms with E-state index in [1.54, 1.807) is 155 Å². The maximum Gasteiger partial charge on any atom is 0.272 e. The van der Waals surface area contributed by atoms with Crippen molar-refractivity contribution in [2.75, 3.05) is 13.2 Å². The molecule has 16 aromatic rings. The third-order valence-electron chi connectivity index (χ3n) is 19.6. The van der Waals surface area contributed by atoms with E-state index in [-0.39, 0.29) is 46.6 Å². The molecule has 10 aromatic heterocycles. The van der Waals surface area contributed by atoms with Crippen LogP contribution in [0.15, 0.2) is 241 Å². The lowest BCUT2D eigenvalue weighted by Crippen LogP contribution is -2.34. The topological polar surface area (TPSA) is 342 Å². The summed E-state index contributed by atoms with van der Waals surface area (Å²) in [7, 11) is 0.